The van der Waals surface area contributed by atoms with Crippen molar-refractivity contribution >= 4 is 11.9 Å². The lowest BCUT2D eigenvalue weighted by Crippen LogP contribution is -2.28. The van der Waals surface area contributed by atoms with E-state index in [4.69, 9.17) is 9.47 Å². The van der Waals surface area contributed by atoms with Gasteiger partial charge in [0, 0.05) is 12.8 Å². The quantitative estimate of drug-likeness (QED) is 0.0374. The third-order valence-electron chi connectivity index (χ3n) is 11.8. The first kappa shape index (κ1) is 64.3. The molecule has 1 unspecified atom stereocenters. The molecule has 5 heteroatoms. The second-order valence-electron chi connectivity index (χ2n) is 18.3. The molecule has 0 aromatic heterocycles. The summed E-state index contributed by atoms with van der Waals surface area (Å²) in [7, 11) is 0. The van der Waals surface area contributed by atoms with Crippen LogP contribution in [0.5, 0.6) is 0 Å². The van der Waals surface area contributed by atoms with Crippen molar-refractivity contribution in [3.8, 4) is 0 Å². The number of ether oxygens (including phenoxy) is 2. The molecule has 0 aliphatic carbocycles. The Bertz CT molecular complexity index is 1390. The number of aliphatic hydroxyl groups is 1. The van der Waals surface area contributed by atoms with Gasteiger partial charge in [0.05, 0.1) is 6.61 Å². The topological polar surface area (TPSA) is 72.8 Å². The molecule has 0 saturated carbocycles. The van der Waals surface area contributed by atoms with Crippen molar-refractivity contribution in [1.29, 1.82) is 0 Å². The van der Waals surface area contributed by atoms with Gasteiger partial charge in [0.1, 0.15) is 6.61 Å². The molecule has 386 valence electrons. The van der Waals surface area contributed by atoms with E-state index in [1.54, 1.807) is 0 Å². The third-order valence-corrected chi connectivity index (χ3v) is 11.8. The molecule has 0 saturated heterocycles. The van der Waals surface area contributed by atoms with Gasteiger partial charge in [0.2, 0.25) is 0 Å². The van der Waals surface area contributed by atoms with Gasteiger partial charge in [-0.05, 0) is 89.9 Å². The summed E-state index contributed by atoms with van der Waals surface area (Å²) in [6, 6.07) is 0. The predicted octanol–water partition coefficient (Wildman–Crippen LogP) is 19.1. The van der Waals surface area contributed by atoms with Gasteiger partial charge in [-0.15, -0.1) is 0 Å². The number of rotatable bonds is 50. The average Bonchev–Trinajstić information content (AvgIpc) is 3.34. The predicted molar refractivity (Wildman–Crippen MR) is 297 cm³/mol. The molecule has 1 N–H and O–H groups in total. The zero-order valence-corrected chi connectivity index (χ0v) is 44.1. The summed E-state index contributed by atoms with van der Waals surface area (Å²) in [6.45, 7) is 4.01. The molecule has 5 nitrogen and oxygen atoms in total. The molecule has 68 heavy (non-hydrogen) atoms. The Morgan fingerprint density at radius 3 is 0.956 bits per heavy atom. The molecule has 0 aromatic carbocycles. The molecule has 0 amide bonds. The van der Waals surface area contributed by atoms with E-state index in [1.807, 2.05) is 0 Å². The highest BCUT2D eigenvalue weighted by Crippen LogP contribution is 2.16. The van der Waals surface area contributed by atoms with Crippen molar-refractivity contribution in [2.45, 2.75) is 251 Å². The van der Waals surface area contributed by atoms with Crippen LogP contribution in [0, 0.1) is 0 Å². The van der Waals surface area contributed by atoms with Crippen LogP contribution in [-0.2, 0) is 19.1 Å². The van der Waals surface area contributed by atoms with Crippen LogP contribution in [0.25, 0.3) is 0 Å². The Balaban J connectivity index is 3.65. The van der Waals surface area contributed by atoms with E-state index in [1.165, 1.54) is 116 Å². The third kappa shape index (κ3) is 54.9. The van der Waals surface area contributed by atoms with Crippen LogP contribution in [-0.4, -0.2) is 36.4 Å². The molecule has 1 atom stereocenters. The van der Waals surface area contributed by atoms with E-state index in [0.29, 0.717) is 12.8 Å². The summed E-state index contributed by atoms with van der Waals surface area (Å²) in [5.74, 6) is -0.642. The van der Waals surface area contributed by atoms with E-state index in [9.17, 15) is 14.7 Å². The first-order valence-electron chi connectivity index (χ1n) is 28.1. The molecule has 0 aliphatic heterocycles. The maximum absolute atomic E-state index is 12.3. The number of aliphatic hydroxyl groups excluding tert-OH is 1. The second-order valence-corrected chi connectivity index (χ2v) is 18.3. The maximum Gasteiger partial charge on any atom is 0.306 e. The Morgan fingerprint density at radius 1 is 0.353 bits per heavy atom. The van der Waals surface area contributed by atoms with Crippen molar-refractivity contribution in [2.75, 3.05) is 13.2 Å². The molecule has 0 heterocycles. The summed E-state index contributed by atoms with van der Waals surface area (Å²) in [5.41, 5.74) is 0. The summed E-state index contributed by atoms with van der Waals surface area (Å²) in [5, 5.41) is 9.64. The molecule has 0 fully saturated rings. The van der Waals surface area contributed by atoms with Crippen LogP contribution in [0.3, 0.4) is 0 Å². The minimum absolute atomic E-state index is 0.0881. The number of hydrogen-bond donors (Lipinski definition) is 1. The Labute approximate surface area is 420 Å². The van der Waals surface area contributed by atoms with Crippen molar-refractivity contribution in [2.24, 2.45) is 0 Å². The summed E-state index contributed by atoms with van der Waals surface area (Å²) < 4.78 is 10.7. The first-order valence-corrected chi connectivity index (χ1v) is 28.1. The number of carbonyl (C=O) groups is 2. The summed E-state index contributed by atoms with van der Waals surface area (Å²) in [6.07, 6.45) is 84.5. The lowest BCUT2D eigenvalue weighted by atomic mass is 10.0. The van der Waals surface area contributed by atoms with Crippen LogP contribution < -0.4 is 0 Å². The van der Waals surface area contributed by atoms with Gasteiger partial charge in [-0.2, -0.15) is 0 Å². The molecule has 0 rings (SSSR count). The largest absolute Gasteiger partial charge is 0.462 e. The fraction of sp³-hybridized carbons (Fsp3) is 0.651. The van der Waals surface area contributed by atoms with Crippen molar-refractivity contribution in [3.63, 3.8) is 0 Å². The number of hydrogen-bond acceptors (Lipinski definition) is 5. The van der Waals surface area contributed by atoms with Crippen molar-refractivity contribution in [1.82, 2.24) is 0 Å². The van der Waals surface area contributed by atoms with Crippen LogP contribution in [0.1, 0.15) is 245 Å². The fourth-order valence-corrected chi connectivity index (χ4v) is 7.58. The number of allylic oxidation sites excluding steroid dienone is 20. The van der Waals surface area contributed by atoms with E-state index >= 15 is 0 Å². The van der Waals surface area contributed by atoms with Crippen molar-refractivity contribution < 1.29 is 24.2 Å². The Kier molecular flexibility index (Phi) is 54.5. The van der Waals surface area contributed by atoms with Gasteiger partial charge in [-0.1, -0.05) is 264 Å². The standard InChI is InChI=1S/C63H104O5/c1-3-5-7-9-11-13-15-17-19-21-23-25-26-27-28-29-30-31-32-33-34-35-36-38-40-42-44-46-48-50-52-54-56-58-63(66)68-61(59-64)60-67-62(65)57-55-53-51-49-47-45-43-41-39-37-24-22-20-18-16-14-12-10-8-6-4-2/h5,7,11,13,17,19,23,25,27-28,30-31,33-34,36,38,42,44,48,50,61,64H,3-4,6,8-10,12,14-16,18,20-22,24,26,29,32,35,37,39-41,43,45-47,49,51-60H2,1-2H3/b7-5-,13-11-,19-17-,25-23-,28-27-,31-30-,34-33-,38-36-,44-42-,50-48-. The molecule has 0 bridgehead atoms. The molecular formula is C63H104O5. The lowest BCUT2D eigenvalue weighted by molar-refractivity contribution is -0.161. The van der Waals surface area contributed by atoms with Gasteiger partial charge < -0.3 is 14.6 Å². The molecule has 0 aromatic rings. The highest BCUT2D eigenvalue weighted by atomic mass is 16.6. The molecular weight excluding hydrogens is 837 g/mol. The van der Waals surface area contributed by atoms with Crippen LogP contribution in [0.4, 0.5) is 0 Å². The van der Waals surface area contributed by atoms with Gasteiger partial charge in [-0.3, -0.25) is 9.59 Å². The SMILES string of the molecule is CC/C=C\C/C=C\C/C=C\C/C=C\C/C=C\C/C=C\C/C=C\C/C=C\C/C=C\C/C=C\CCCCC(=O)OC(CO)COC(=O)CCCCCCCCCCCCCCCCCCCCCCC. The highest BCUT2D eigenvalue weighted by Gasteiger charge is 2.16. The van der Waals surface area contributed by atoms with Gasteiger partial charge in [0.25, 0.3) is 0 Å². The van der Waals surface area contributed by atoms with Gasteiger partial charge in [0.15, 0.2) is 6.10 Å². The number of unbranched alkanes of at least 4 members (excludes halogenated alkanes) is 22. The molecule has 0 radical (unpaired) electrons. The lowest BCUT2D eigenvalue weighted by Gasteiger charge is -2.15. The zero-order valence-electron chi connectivity index (χ0n) is 44.1. The Morgan fingerprint density at radius 2 is 0.632 bits per heavy atom. The average molecular weight is 942 g/mol. The van der Waals surface area contributed by atoms with E-state index < -0.39 is 6.10 Å². The first-order chi connectivity index (χ1) is 33.6. The minimum atomic E-state index is -0.803. The summed E-state index contributed by atoms with van der Waals surface area (Å²) >= 11 is 0. The van der Waals surface area contributed by atoms with E-state index in [-0.39, 0.29) is 25.2 Å². The minimum Gasteiger partial charge on any atom is -0.462 e. The molecule has 0 spiro atoms. The van der Waals surface area contributed by atoms with Crippen LogP contribution in [0.2, 0.25) is 0 Å². The number of esters is 2. The smallest absolute Gasteiger partial charge is 0.306 e. The highest BCUT2D eigenvalue weighted by molar-refractivity contribution is 5.70. The van der Waals surface area contributed by atoms with Gasteiger partial charge in [-0.25, -0.2) is 0 Å². The maximum atomic E-state index is 12.3. The zero-order chi connectivity index (χ0) is 49.2. The van der Waals surface area contributed by atoms with Crippen LogP contribution in [0.15, 0.2) is 122 Å². The Hall–Kier alpha value is -3.70. The van der Waals surface area contributed by atoms with Gasteiger partial charge >= 0.3 is 11.9 Å². The fourth-order valence-electron chi connectivity index (χ4n) is 7.58. The summed E-state index contributed by atoms with van der Waals surface area (Å²) in [4.78, 5) is 24.5. The number of carbonyl (C=O) groups excluding carboxylic acids is 2. The second kappa shape index (κ2) is 57.6. The van der Waals surface area contributed by atoms with Crippen molar-refractivity contribution in [3.05, 3.63) is 122 Å². The van der Waals surface area contributed by atoms with E-state index in [2.05, 4.69) is 135 Å². The van der Waals surface area contributed by atoms with Crippen LogP contribution >= 0.6 is 0 Å². The molecule has 0 aliphatic rings. The normalized spacial score (nSPS) is 13.2. The van der Waals surface area contributed by atoms with E-state index in [0.717, 1.165) is 103 Å². The monoisotopic (exact) mass is 941 g/mol.